The van der Waals surface area contributed by atoms with E-state index < -0.39 is 0 Å². The van der Waals surface area contributed by atoms with Crippen molar-refractivity contribution >= 4 is 10.9 Å². The van der Waals surface area contributed by atoms with Crippen LogP contribution in [0.25, 0.3) is 22.2 Å². The Balaban J connectivity index is 2.13. The van der Waals surface area contributed by atoms with Crippen LogP contribution in [0.1, 0.15) is 29.5 Å². The topological polar surface area (TPSA) is 63.9 Å². The van der Waals surface area contributed by atoms with E-state index in [9.17, 15) is 0 Å². The Kier molecular flexibility index (Phi) is 4.86. The van der Waals surface area contributed by atoms with Crippen LogP contribution in [0.4, 0.5) is 0 Å². The maximum absolute atomic E-state index is 5.68. The summed E-state index contributed by atoms with van der Waals surface area (Å²) in [6.07, 6.45) is 5.02. The summed E-state index contributed by atoms with van der Waals surface area (Å²) in [7, 11) is 1.63. The molecule has 0 bridgehead atoms. The maximum Gasteiger partial charge on any atom is 0.212 e. The minimum atomic E-state index is 0.631. The van der Waals surface area contributed by atoms with Crippen molar-refractivity contribution < 1.29 is 4.74 Å². The molecule has 0 saturated carbocycles. The molecule has 0 aliphatic carbocycles. The van der Waals surface area contributed by atoms with Crippen molar-refractivity contribution in [2.45, 2.75) is 33.1 Å². The molecule has 2 aromatic heterocycles. The first-order valence-corrected chi connectivity index (χ1v) is 8.46. The lowest BCUT2D eigenvalue weighted by atomic mass is 9.99. The summed E-state index contributed by atoms with van der Waals surface area (Å²) >= 11 is 0. The predicted molar refractivity (Wildman–Crippen MR) is 99.5 cm³/mol. The average molecular weight is 323 g/mol. The number of nitrogens with two attached hydrogens (primary N) is 1. The van der Waals surface area contributed by atoms with Gasteiger partial charge in [0.2, 0.25) is 5.88 Å². The van der Waals surface area contributed by atoms with E-state index >= 15 is 0 Å². The van der Waals surface area contributed by atoms with Crippen molar-refractivity contribution in [3.63, 3.8) is 0 Å². The van der Waals surface area contributed by atoms with E-state index in [2.05, 4.69) is 42.0 Å². The Hall–Kier alpha value is -2.33. The van der Waals surface area contributed by atoms with Gasteiger partial charge in [0, 0.05) is 28.7 Å². The molecule has 3 N–H and O–H groups in total. The van der Waals surface area contributed by atoms with Gasteiger partial charge in [0.25, 0.3) is 0 Å². The first-order valence-electron chi connectivity index (χ1n) is 8.46. The first-order chi connectivity index (χ1) is 11.6. The maximum atomic E-state index is 5.68. The number of hydrogen-bond acceptors (Lipinski definition) is 3. The van der Waals surface area contributed by atoms with Crippen LogP contribution >= 0.6 is 0 Å². The Morgan fingerprint density at radius 1 is 1.17 bits per heavy atom. The Morgan fingerprint density at radius 2 is 2.00 bits per heavy atom. The number of fused-ring (bicyclic) bond motifs is 1. The SMILES string of the molecule is COc1ccc(-c2[nH]c3c(C)cc(C)cc3c2CCCCN)cn1. The summed E-state index contributed by atoms with van der Waals surface area (Å²) in [5.41, 5.74) is 13.1. The highest BCUT2D eigenvalue weighted by molar-refractivity contribution is 5.93. The zero-order valence-electron chi connectivity index (χ0n) is 14.6. The van der Waals surface area contributed by atoms with Gasteiger partial charge < -0.3 is 15.5 Å². The molecule has 2 heterocycles. The number of hydrogen-bond donors (Lipinski definition) is 2. The third-order valence-electron chi connectivity index (χ3n) is 4.47. The second-order valence-corrected chi connectivity index (χ2v) is 6.32. The van der Waals surface area contributed by atoms with Crippen LogP contribution in [0.5, 0.6) is 5.88 Å². The third kappa shape index (κ3) is 3.15. The van der Waals surface area contributed by atoms with E-state index in [-0.39, 0.29) is 0 Å². The van der Waals surface area contributed by atoms with E-state index in [0.717, 1.165) is 37.1 Å². The standard InChI is InChI=1S/C20H25N3O/c1-13-10-14(2)19-17(11-13)16(6-4-5-9-21)20(23-19)15-7-8-18(24-3)22-12-15/h7-8,10-12,23H,4-6,9,21H2,1-3H3. The number of benzene rings is 1. The molecule has 3 aromatic rings. The lowest BCUT2D eigenvalue weighted by molar-refractivity contribution is 0.398. The fourth-order valence-electron chi connectivity index (χ4n) is 3.31. The van der Waals surface area contributed by atoms with Gasteiger partial charge in [0.05, 0.1) is 12.8 Å². The first kappa shape index (κ1) is 16.5. The smallest absolute Gasteiger partial charge is 0.212 e. The second-order valence-electron chi connectivity index (χ2n) is 6.32. The minimum absolute atomic E-state index is 0.631. The molecule has 0 aliphatic heterocycles. The highest BCUT2D eigenvalue weighted by atomic mass is 16.5. The van der Waals surface area contributed by atoms with Crippen molar-refractivity contribution in [2.75, 3.05) is 13.7 Å². The molecule has 0 saturated heterocycles. The molecule has 0 unspecified atom stereocenters. The third-order valence-corrected chi connectivity index (χ3v) is 4.47. The molecule has 0 amide bonds. The number of nitrogens with one attached hydrogen (secondary N) is 1. The number of methoxy groups -OCH3 is 1. The molecule has 3 rings (SSSR count). The minimum Gasteiger partial charge on any atom is -0.481 e. The lowest BCUT2D eigenvalue weighted by Gasteiger charge is -2.06. The fraction of sp³-hybridized carbons (Fsp3) is 0.350. The van der Waals surface area contributed by atoms with Crippen molar-refractivity contribution in [3.8, 4) is 17.1 Å². The van der Waals surface area contributed by atoms with Crippen LogP contribution in [-0.2, 0) is 6.42 Å². The van der Waals surface area contributed by atoms with Crippen LogP contribution in [0.3, 0.4) is 0 Å². The Morgan fingerprint density at radius 3 is 2.67 bits per heavy atom. The van der Waals surface area contributed by atoms with Crippen molar-refractivity contribution in [2.24, 2.45) is 5.73 Å². The van der Waals surface area contributed by atoms with E-state index in [4.69, 9.17) is 10.5 Å². The molecular formula is C20H25N3O. The molecule has 1 aromatic carbocycles. The molecule has 0 atom stereocenters. The Labute approximate surface area is 143 Å². The second kappa shape index (κ2) is 7.05. The number of ether oxygens (including phenoxy) is 1. The summed E-state index contributed by atoms with van der Waals surface area (Å²) in [5.74, 6) is 0.631. The monoisotopic (exact) mass is 323 g/mol. The highest BCUT2D eigenvalue weighted by Crippen LogP contribution is 2.34. The number of H-pyrrole nitrogens is 1. The van der Waals surface area contributed by atoms with Gasteiger partial charge >= 0.3 is 0 Å². The number of nitrogens with zero attached hydrogens (tertiary/aromatic N) is 1. The number of rotatable bonds is 6. The van der Waals surface area contributed by atoms with Gasteiger partial charge in [-0.05, 0) is 62.9 Å². The molecule has 0 radical (unpaired) electrons. The molecule has 0 fully saturated rings. The molecule has 4 heteroatoms. The van der Waals surface area contributed by atoms with Crippen LogP contribution in [0.2, 0.25) is 0 Å². The number of aromatic amines is 1. The Bertz CT molecular complexity index is 834. The van der Waals surface area contributed by atoms with Gasteiger partial charge in [0.1, 0.15) is 0 Å². The molecule has 0 spiro atoms. The zero-order valence-corrected chi connectivity index (χ0v) is 14.6. The van der Waals surface area contributed by atoms with Gasteiger partial charge in [-0.2, -0.15) is 0 Å². The quantitative estimate of drug-likeness (QED) is 0.670. The van der Waals surface area contributed by atoms with Crippen LogP contribution in [0, 0.1) is 13.8 Å². The lowest BCUT2D eigenvalue weighted by Crippen LogP contribution is -1.99. The number of pyridine rings is 1. The zero-order chi connectivity index (χ0) is 17.1. The van der Waals surface area contributed by atoms with Gasteiger partial charge in [-0.3, -0.25) is 0 Å². The average Bonchev–Trinajstić information content (AvgIpc) is 2.94. The molecule has 126 valence electrons. The van der Waals surface area contributed by atoms with Crippen molar-refractivity contribution in [3.05, 3.63) is 47.2 Å². The van der Waals surface area contributed by atoms with Gasteiger partial charge in [-0.1, -0.05) is 11.6 Å². The fourth-order valence-corrected chi connectivity index (χ4v) is 3.31. The number of unbranched alkanes of at least 4 members (excludes halogenated alkanes) is 1. The number of aromatic nitrogens is 2. The highest BCUT2D eigenvalue weighted by Gasteiger charge is 2.15. The van der Waals surface area contributed by atoms with Gasteiger partial charge in [-0.15, -0.1) is 0 Å². The summed E-state index contributed by atoms with van der Waals surface area (Å²) in [4.78, 5) is 7.99. The van der Waals surface area contributed by atoms with E-state index in [1.165, 1.54) is 27.6 Å². The summed E-state index contributed by atoms with van der Waals surface area (Å²) in [6, 6.07) is 8.46. The molecule has 4 nitrogen and oxygen atoms in total. The van der Waals surface area contributed by atoms with Gasteiger partial charge in [0.15, 0.2) is 0 Å². The summed E-state index contributed by atoms with van der Waals surface area (Å²) in [6.45, 7) is 5.04. The molecule has 24 heavy (non-hydrogen) atoms. The van der Waals surface area contributed by atoms with Gasteiger partial charge in [-0.25, -0.2) is 4.98 Å². The van der Waals surface area contributed by atoms with E-state index in [0.29, 0.717) is 5.88 Å². The van der Waals surface area contributed by atoms with Crippen LogP contribution in [-0.4, -0.2) is 23.6 Å². The van der Waals surface area contributed by atoms with Crippen LogP contribution in [0.15, 0.2) is 30.5 Å². The predicted octanol–water partition coefficient (Wildman–Crippen LogP) is 4.14. The van der Waals surface area contributed by atoms with Crippen molar-refractivity contribution in [1.82, 2.24) is 9.97 Å². The normalized spacial score (nSPS) is 11.2. The number of aryl methyl sites for hydroxylation is 3. The summed E-state index contributed by atoms with van der Waals surface area (Å²) in [5, 5.41) is 1.32. The van der Waals surface area contributed by atoms with Crippen LogP contribution < -0.4 is 10.5 Å². The molecular weight excluding hydrogens is 298 g/mol. The molecule has 0 aliphatic rings. The van der Waals surface area contributed by atoms with E-state index in [1.807, 2.05) is 12.3 Å². The van der Waals surface area contributed by atoms with E-state index in [1.54, 1.807) is 7.11 Å². The largest absolute Gasteiger partial charge is 0.481 e. The summed E-state index contributed by atoms with van der Waals surface area (Å²) < 4.78 is 5.17. The van der Waals surface area contributed by atoms with Crippen molar-refractivity contribution in [1.29, 1.82) is 0 Å².